The molecule has 178 valence electrons. The number of benzene rings is 3. The second-order valence-corrected chi connectivity index (χ2v) is 10.2. The molecule has 3 rings (SSSR count). The average molecular weight is 536 g/mol. The lowest BCUT2D eigenvalue weighted by Gasteiger charge is -2.16. The van der Waals surface area contributed by atoms with E-state index in [1.54, 1.807) is 36.0 Å². The number of rotatable bonds is 8. The number of hydrogen-bond donors (Lipinski definition) is 2. The molecule has 0 aliphatic carbocycles. The molecule has 4 nitrogen and oxygen atoms in total. The van der Waals surface area contributed by atoms with E-state index in [0.717, 1.165) is 22.4 Å². The lowest BCUT2D eigenvalue weighted by Crippen LogP contribution is -2.35. The second kappa shape index (κ2) is 12.0. The highest BCUT2D eigenvalue weighted by Crippen LogP contribution is 2.25. The van der Waals surface area contributed by atoms with E-state index in [9.17, 15) is 9.59 Å². The van der Waals surface area contributed by atoms with Crippen molar-refractivity contribution in [1.82, 2.24) is 5.32 Å². The van der Waals surface area contributed by atoms with Gasteiger partial charge in [0.1, 0.15) is 0 Å². The molecule has 0 aromatic heterocycles. The second-order valence-electron chi connectivity index (χ2n) is 8.05. The molecule has 0 fully saturated rings. The van der Waals surface area contributed by atoms with E-state index >= 15 is 0 Å². The molecule has 0 spiro atoms. The largest absolute Gasteiger partial charge is 0.349 e. The van der Waals surface area contributed by atoms with Crippen LogP contribution in [-0.4, -0.2) is 29.9 Å². The van der Waals surface area contributed by atoms with Gasteiger partial charge in [-0.3, -0.25) is 9.59 Å². The Balaban J connectivity index is 1.79. The van der Waals surface area contributed by atoms with Crippen LogP contribution in [0.4, 0.5) is 5.69 Å². The lowest BCUT2D eigenvalue weighted by molar-refractivity contribution is 0.0931. The summed E-state index contributed by atoms with van der Waals surface area (Å²) in [5.74, 6) is -0.0165. The molecule has 2 N–H and O–H groups in total. The third-order valence-corrected chi connectivity index (χ3v) is 6.73. The maximum Gasteiger partial charge on any atom is 0.256 e. The topological polar surface area (TPSA) is 58.2 Å². The Morgan fingerprint density at radius 3 is 2.29 bits per heavy atom. The SMILES string of the molecule is CSC[C@H](C)NC(=O)c1c(Cl)cccc1C(=O)Nc1ccc(Cc2cc(Cl)cc(Cl)c2)cc1C. The maximum atomic E-state index is 13.1. The van der Waals surface area contributed by atoms with E-state index in [-0.39, 0.29) is 28.1 Å². The number of aryl methyl sites for hydroxylation is 1. The van der Waals surface area contributed by atoms with Gasteiger partial charge in [0.05, 0.1) is 16.1 Å². The standard InChI is InChI=1S/C26H25Cl3N2O2S/c1-15-9-17(10-18-11-19(27)13-20(28)12-18)7-8-23(15)31-25(32)21-5-4-6-22(29)24(21)26(33)30-16(2)14-34-3/h4-9,11-13,16H,10,14H2,1-3H3,(H,30,33)(H,31,32)/t16-/m0/s1. The zero-order chi connectivity index (χ0) is 24.8. The Morgan fingerprint density at radius 2 is 1.65 bits per heavy atom. The van der Waals surface area contributed by atoms with Crippen LogP contribution in [0.1, 0.15) is 44.3 Å². The van der Waals surface area contributed by atoms with E-state index in [2.05, 4.69) is 10.6 Å². The van der Waals surface area contributed by atoms with Crippen LogP contribution in [0.25, 0.3) is 0 Å². The van der Waals surface area contributed by atoms with Gasteiger partial charge in [-0.2, -0.15) is 11.8 Å². The highest BCUT2D eigenvalue weighted by molar-refractivity contribution is 7.98. The highest BCUT2D eigenvalue weighted by atomic mass is 35.5. The number of anilines is 1. The Morgan fingerprint density at radius 1 is 0.941 bits per heavy atom. The van der Waals surface area contributed by atoms with E-state index in [1.807, 2.05) is 50.4 Å². The summed E-state index contributed by atoms with van der Waals surface area (Å²) in [6, 6.07) is 16.0. The van der Waals surface area contributed by atoms with Crippen LogP contribution in [0.5, 0.6) is 0 Å². The van der Waals surface area contributed by atoms with Crippen LogP contribution in [0.15, 0.2) is 54.6 Å². The van der Waals surface area contributed by atoms with Crippen LogP contribution >= 0.6 is 46.6 Å². The van der Waals surface area contributed by atoms with Crippen molar-refractivity contribution >= 4 is 64.1 Å². The number of nitrogens with one attached hydrogen (secondary N) is 2. The van der Waals surface area contributed by atoms with Crippen LogP contribution in [0.3, 0.4) is 0 Å². The first kappa shape index (κ1) is 26.4. The number of halogens is 3. The Bertz CT molecular complexity index is 1200. The zero-order valence-corrected chi connectivity index (χ0v) is 22.1. The zero-order valence-electron chi connectivity index (χ0n) is 19.0. The van der Waals surface area contributed by atoms with Crippen molar-refractivity contribution in [2.45, 2.75) is 26.3 Å². The minimum Gasteiger partial charge on any atom is -0.349 e. The van der Waals surface area contributed by atoms with E-state index in [1.165, 1.54) is 0 Å². The first-order chi connectivity index (χ1) is 16.2. The molecule has 0 bridgehead atoms. The van der Waals surface area contributed by atoms with Gasteiger partial charge < -0.3 is 10.6 Å². The maximum absolute atomic E-state index is 13.1. The first-order valence-corrected chi connectivity index (χ1v) is 13.1. The molecule has 2 amide bonds. The molecule has 0 aliphatic heterocycles. The van der Waals surface area contributed by atoms with E-state index in [0.29, 0.717) is 22.2 Å². The van der Waals surface area contributed by atoms with Crippen molar-refractivity contribution in [3.05, 3.63) is 97.5 Å². The van der Waals surface area contributed by atoms with E-state index in [4.69, 9.17) is 34.8 Å². The monoisotopic (exact) mass is 534 g/mol. The fraction of sp³-hybridized carbons (Fsp3) is 0.231. The lowest BCUT2D eigenvalue weighted by atomic mass is 10.0. The van der Waals surface area contributed by atoms with Crippen molar-refractivity contribution < 1.29 is 9.59 Å². The minimum absolute atomic E-state index is 0.0566. The summed E-state index contributed by atoms with van der Waals surface area (Å²) in [4.78, 5) is 26.0. The molecular weight excluding hydrogens is 511 g/mol. The number of carbonyl (C=O) groups is 2. The average Bonchev–Trinajstić information content (AvgIpc) is 2.74. The van der Waals surface area contributed by atoms with Gasteiger partial charge in [-0.25, -0.2) is 0 Å². The summed E-state index contributed by atoms with van der Waals surface area (Å²) >= 11 is 20.2. The van der Waals surface area contributed by atoms with Gasteiger partial charge in [0.2, 0.25) is 0 Å². The molecule has 8 heteroatoms. The molecule has 3 aromatic rings. The molecule has 0 unspecified atom stereocenters. The van der Waals surface area contributed by atoms with Crippen molar-refractivity contribution in [1.29, 1.82) is 0 Å². The minimum atomic E-state index is -0.400. The van der Waals surface area contributed by atoms with E-state index < -0.39 is 5.91 Å². The number of thioether (sulfide) groups is 1. The quantitative estimate of drug-likeness (QED) is 0.319. The van der Waals surface area contributed by atoms with Crippen LogP contribution in [-0.2, 0) is 6.42 Å². The molecule has 0 saturated carbocycles. The van der Waals surface area contributed by atoms with Gasteiger partial charge in [0, 0.05) is 27.5 Å². The summed E-state index contributed by atoms with van der Waals surface area (Å²) in [5, 5.41) is 7.23. The predicted octanol–water partition coefficient (Wildman–Crippen LogP) is 7.28. The molecular formula is C26H25Cl3N2O2S. The molecule has 0 aliphatic rings. The summed E-state index contributed by atoms with van der Waals surface area (Å²) in [7, 11) is 0. The Kier molecular flexibility index (Phi) is 9.31. The van der Waals surface area contributed by atoms with Crippen LogP contribution in [0.2, 0.25) is 15.1 Å². The molecule has 0 radical (unpaired) electrons. The summed E-state index contributed by atoms with van der Waals surface area (Å²) in [6.07, 6.45) is 2.62. The van der Waals surface area contributed by atoms with Gasteiger partial charge >= 0.3 is 0 Å². The van der Waals surface area contributed by atoms with Gasteiger partial charge in [-0.05, 0) is 79.6 Å². The molecule has 1 atom stereocenters. The fourth-order valence-corrected chi connectivity index (χ4v) is 5.06. The third-order valence-electron chi connectivity index (χ3n) is 5.15. The van der Waals surface area contributed by atoms with Gasteiger partial charge in [0.15, 0.2) is 0 Å². The first-order valence-electron chi connectivity index (χ1n) is 10.6. The molecule has 0 saturated heterocycles. The van der Waals surface area contributed by atoms with Gasteiger partial charge in [0.25, 0.3) is 11.8 Å². The predicted molar refractivity (Wildman–Crippen MR) is 145 cm³/mol. The summed E-state index contributed by atoms with van der Waals surface area (Å²) in [5.41, 5.74) is 3.99. The summed E-state index contributed by atoms with van der Waals surface area (Å²) in [6.45, 7) is 3.83. The number of hydrogen-bond acceptors (Lipinski definition) is 3. The van der Waals surface area contributed by atoms with Crippen molar-refractivity contribution in [3.8, 4) is 0 Å². The fourth-order valence-electron chi connectivity index (χ4n) is 3.65. The number of carbonyl (C=O) groups excluding carboxylic acids is 2. The van der Waals surface area contributed by atoms with Gasteiger partial charge in [-0.15, -0.1) is 0 Å². The highest BCUT2D eigenvalue weighted by Gasteiger charge is 2.22. The molecule has 34 heavy (non-hydrogen) atoms. The molecule has 0 heterocycles. The smallest absolute Gasteiger partial charge is 0.256 e. The summed E-state index contributed by atoms with van der Waals surface area (Å²) < 4.78 is 0. The Labute approximate surface area is 219 Å². The number of amides is 2. The third kappa shape index (κ3) is 6.92. The van der Waals surface area contributed by atoms with Crippen molar-refractivity contribution in [3.63, 3.8) is 0 Å². The Hall–Kier alpha value is -2.18. The normalized spacial score (nSPS) is 11.7. The molecule has 3 aromatic carbocycles. The van der Waals surface area contributed by atoms with Gasteiger partial charge in [-0.1, -0.05) is 53.0 Å². The van der Waals surface area contributed by atoms with Crippen molar-refractivity contribution in [2.75, 3.05) is 17.3 Å². The van der Waals surface area contributed by atoms with Crippen LogP contribution in [0, 0.1) is 6.92 Å². The van der Waals surface area contributed by atoms with Crippen LogP contribution < -0.4 is 10.6 Å². The van der Waals surface area contributed by atoms with Crippen molar-refractivity contribution in [2.24, 2.45) is 0 Å².